The van der Waals surface area contributed by atoms with Gasteiger partial charge in [-0.25, -0.2) is 0 Å². The van der Waals surface area contributed by atoms with Crippen LogP contribution in [-0.2, 0) is 0 Å². The van der Waals surface area contributed by atoms with Crippen LogP contribution in [0.5, 0.6) is 0 Å². The van der Waals surface area contributed by atoms with Gasteiger partial charge in [-0.1, -0.05) is 19.9 Å². The molecule has 0 atom stereocenters. The molecule has 0 unspecified atom stereocenters. The van der Waals surface area contributed by atoms with Gasteiger partial charge in [0.15, 0.2) is 0 Å². The second kappa shape index (κ2) is 7.68. The van der Waals surface area contributed by atoms with Crippen molar-refractivity contribution in [2.75, 3.05) is 10.6 Å². The van der Waals surface area contributed by atoms with Crippen molar-refractivity contribution in [1.82, 2.24) is 15.0 Å². The molecule has 0 radical (unpaired) electrons. The summed E-state index contributed by atoms with van der Waals surface area (Å²) >= 11 is 5.92. The number of nitro benzene ring substituents is 1. The third-order valence-electron chi connectivity index (χ3n) is 3.24. The summed E-state index contributed by atoms with van der Waals surface area (Å²) in [6.45, 7) is 4.12. The molecular formula is C14H17ClN6O2. The van der Waals surface area contributed by atoms with Crippen LogP contribution in [0.4, 0.5) is 23.3 Å². The van der Waals surface area contributed by atoms with E-state index < -0.39 is 4.92 Å². The molecule has 23 heavy (non-hydrogen) atoms. The van der Waals surface area contributed by atoms with Crippen LogP contribution in [-0.4, -0.2) is 25.9 Å². The molecule has 2 aromatic rings. The molecule has 0 amide bonds. The van der Waals surface area contributed by atoms with Gasteiger partial charge in [-0.2, -0.15) is 15.0 Å². The molecular weight excluding hydrogens is 320 g/mol. The number of nitrogens with one attached hydrogen (secondary N) is 2. The summed E-state index contributed by atoms with van der Waals surface area (Å²) in [4.78, 5) is 22.6. The number of aromatic nitrogens is 3. The summed E-state index contributed by atoms with van der Waals surface area (Å²) in [5, 5.41) is 16.9. The Morgan fingerprint density at radius 3 is 2.57 bits per heavy atom. The minimum Gasteiger partial charge on any atom is -0.351 e. The SMILES string of the molecule is CCC(CC)Nc1nc(Cl)nc(Nc2cccc([N+](=O)[O-])c2)n1. The molecule has 1 aromatic heterocycles. The first-order valence-corrected chi connectivity index (χ1v) is 7.59. The Kier molecular flexibility index (Phi) is 5.64. The third kappa shape index (κ3) is 4.75. The van der Waals surface area contributed by atoms with Gasteiger partial charge in [-0.3, -0.25) is 10.1 Å². The standard InChI is InChI=1S/C14H17ClN6O2/c1-3-9(4-2)16-13-18-12(15)19-14(20-13)17-10-6-5-7-11(8-10)21(22)23/h5-9H,3-4H2,1-2H3,(H2,16,17,18,19,20). The summed E-state index contributed by atoms with van der Waals surface area (Å²) in [7, 11) is 0. The van der Waals surface area contributed by atoms with E-state index in [1.54, 1.807) is 12.1 Å². The number of rotatable bonds is 7. The highest BCUT2D eigenvalue weighted by Gasteiger charge is 2.11. The molecule has 9 heteroatoms. The van der Waals surface area contributed by atoms with Gasteiger partial charge in [0.1, 0.15) is 0 Å². The first-order chi connectivity index (χ1) is 11.0. The molecule has 0 aliphatic carbocycles. The third-order valence-corrected chi connectivity index (χ3v) is 3.41. The van der Waals surface area contributed by atoms with Crippen molar-refractivity contribution in [1.29, 1.82) is 0 Å². The highest BCUT2D eigenvalue weighted by molar-refractivity contribution is 6.28. The molecule has 0 saturated carbocycles. The summed E-state index contributed by atoms with van der Waals surface area (Å²) < 4.78 is 0. The Labute approximate surface area is 138 Å². The predicted molar refractivity (Wildman–Crippen MR) is 89.2 cm³/mol. The lowest BCUT2D eigenvalue weighted by Crippen LogP contribution is -2.19. The fraction of sp³-hybridized carbons (Fsp3) is 0.357. The maximum atomic E-state index is 10.8. The zero-order chi connectivity index (χ0) is 16.8. The van der Waals surface area contributed by atoms with Crippen molar-refractivity contribution in [3.8, 4) is 0 Å². The molecule has 1 aromatic carbocycles. The molecule has 0 bridgehead atoms. The number of halogens is 1. The second-order valence-electron chi connectivity index (χ2n) is 4.84. The van der Waals surface area contributed by atoms with E-state index in [1.807, 2.05) is 0 Å². The van der Waals surface area contributed by atoms with Crippen LogP contribution in [0.1, 0.15) is 26.7 Å². The molecule has 2 rings (SSSR count). The van der Waals surface area contributed by atoms with Crippen LogP contribution in [0, 0.1) is 10.1 Å². The van der Waals surface area contributed by atoms with Crippen molar-refractivity contribution in [2.45, 2.75) is 32.7 Å². The number of nitrogens with zero attached hydrogens (tertiary/aromatic N) is 4. The Morgan fingerprint density at radius 2 is 1.91 bits per heavy atom. The van der Waals surface area contributed by atoms with E-state index in [2.05, 4.69) is 39.4 Å². The zero-order valence-corrected chi connectivity index (χ0v) is 13.5. The minimum absolute atomic E-state index is 0.0227. The van der Waals surface area contributed by atoms with Gasteiger partial charge >= 0.3 is 0 Å². The molecule has 0 saturated heterocycles. The molecule has 8 nitrogen and oxygen atoms in total. The van der Waals surface area contributed by atoms with Gasteiger partial charge in [0.05, 0.1) is 4.92 Å². The number of non-ortho nitro benzene ring substituents is 1. The van der Waals surface area contributed by atoms with Crippen LogP contribution >= 0.6 is 11.6 Å². The monoisotopic (exact) mass is 336 g/mol. The van der Waals surface area contributed by atoms with Gasteiger partial charge < -0.3 is 10.6 Å². The lowest BCUT2D eigenvalue weighted by atomic mass is 10.2. The van der Waals surface area contributed by atoms with E-state index in [-0.39, 0.29) is 23.0 Å². The molecule has 1 heterocycles. The normalized spacial score (nSPS) is 10.6. The number of nitro groups is 1. The Hall–Kier alpha value is -2.48. The molecule has 0 fully saturated rings. The van der Waals surface area contributed by atoms with E-state index in [1.165, 1.54) is 12.1 Å². The van der Waals surface area contributed by atoms with E-state index >= 15 is 0 Å². The lowest BCUT2D eigenvalue weighted by molar-refractivity contribution is -0.384. The second-order valence-corrected chi connectivity index (χ2v) is 5.18. The first-order valence-electron chi connectivity index (χ1n) is 7.21. The number of hydrogen-bond donors (Lipinski definition) is 2. The Balaban J connectivity index is 2.21. The van der Waals surface area contributed by atoms with Crippen molar-refractivity contribution in [2.24, 2.45) is 0 Å². The van der Waals surface area contributed by atoms with E-state index in [0.717, 1.165) is 12.8 Å². The Bertz CT molecular complexity index is 693. The Morgan fingerprint density at radius 1 is 1.22 bits per heavy atom. The highest BCUT2D eigenvalue weighted by Crippen LogP contribution is 2.21. The molecule has 2 N–H and O–H groups in total. The largest absolute Gasteiger partial charge is 0.351 e. The van der Waals surface area contributed by atoms with Crippen LogP contribution in [0.25, 0.3) is 0 Å². The van der Waals surface area contributed by atoms with Crippen LogP contribution in [0.3, 0.4) is 0 Å². The fourth-order valence-corrected chi connectivity index (χ4v) is 2.13. The zero-order valence-electron chi connectivity index (χ0n) is 12.8. The quantitative estimate of drug-likeness (QED) is 0.585. The summed E-state index contributed by atoms with van der Waals surface area (Å²) in [5.74, 6) is 0.589. The van der Waals surface area contributed by atoms with Gasteiger partial charge in [-0.15, -0.1) is 0 Å². The number of hydrogen-bond acceptors (Lipinski definition) is 7. The molecule has 0 aliphatic heterocycles. The molecule has 122 valence electrons. The number of benzene rings is 1. The molecule has 0 spiro atoms. The number of anilines is 3. The van der Waals surface area contributed by atoms with Crippen molar-refractivity contribution < 1.29 is 4.92 Å². The van der Waals surface area contributed by atoms with Gasteiger partial charge in [0.25, 0.3) is 5.69 Å². The van der Waals surface area contributed by atoms with Gasteiger partial charge in [0.2, 0.25) is 17.2 Å². The van der Waals surface area contributed by atoms with Crippen LogP contribution in [0.15, 0.2) is 24.3 Å². The van der Waals surface area contributed by atoms with Crippen molar-refractivity contribution in [3.05, 3.63) is 39.7 Å². The van der Waals surface area contributed by atoms with Crippen LogP contribution < -0.4 is 10.6 Å². The average molecular weight is 337 g/mol. The lowest BCUT2D eigenvalue weighted by Gasteiger charge is -2.15. The summed E-state index contributed by atoms with van der Waals surface area (Å²) in [5.41, 5.74) is 0.473. The maximum Gasteiger partial charge on any atom is 0.271 e. The average Bonchev–Trinajstić information content (AvgIpc) is 2.52. The highest BCUT2D eigenvalue weighted by atomic mass is 35.5. The minimum atomic E-state index is -0.467. The smallest absolute Gasteiger partial charge is 0.271 e. The van der Waals surface area contributed by atoms with Crippen LogP contribution in [0.2, 0.25) is 5.28 Å². The topological polar surface area (TPSA) is 106 Å². The fourth-order valence-electron chi connectivity index (χ4n) is 1.97. The van der Waals surface area contributed by atoms with Crippen molar-refractivity contribution in [3.63, 3.8) is 0 Å². The van der Waals surface area contributed by atoms with Gasteiger partial charge in [0, 0.05) is 23.9 Å². The van der Waals surface area contributed by atoms with E-state index in [9.17, 15) is 10.1 Å². The van der Waals surface area contributed by atoms with E-state index in [0.29, 0.717) is 11.6 Å². The van der Waals surface area contributed by atoms with Crippen molar-refractivity contribution >= 4 is 34.9 Å². The maximum absolute atomic E-state index is 10.8. The first kappa shape index (κ1) is 16.9. The van der Waals surface area contributed by atoms with E-state index in [4.69, 9.17) is 11.6 Å². The predicted octanol–water partition coefficient (Wildman–Crippen LogP) is 3.78. The molecule has 0 aliphatic rings. The van der Waals surface area contributed by atoms with Gasteiger partial charge in [-0.05, 0) is 30.5 Å². The summed E-state index contributed by atoms with van der Waals surface area (Å²) in [6, 6.07) is 6.29. The summed E-state index contributed by atoms with van der Waals surface area (Å²) in [6.07, 6.45) is 1.85.